The molecule has 1 amide bonds. The summed E-state index contributed by atoms with van der Waals surface area (Å²) in [4.78, 5) is 29.1. The van der Waals surface area contributed by atoms with E-state index < -0.39 is 291 Å². The molecule has 22 aliphatic rings. The van der Waals surface area contributed by atoms with Crippen LogP contribution < -0.4 is 0 Å². The minimum Gasteiger partial charge on any atom is -0.480 e. The Morgan fingerprint density at radius 3 is 0.833 bits per heavy atom. The smallest absolute Gasteiger partial charge is 0.410 e. The number of rotatable bonds is 14. The van der Waals surface area contributed by atoms with E-state index in [9.17, 15) is 117 Å². The van der Waals surface area contributed by atoms with Crippen LogP contribution in [0.3, 0.4) is 0 Å². The lowest BCUT2D eigenvalue weighted by molar-refractivity contribution is -0.396. The lowest BCUT2D eigenvalue weighted by Gasteiger charge is -2.50. The van der Waals surface area contributed by atoms with Gasteiger partial charge in [-0.2, -0.15) is 0 Å². The van der Waals surface area contributed by atoms with E-state index in [0.29, 0.717) is 0 Å². The number of benzene rings is 2. The average molecular weight is 1470 g/mol. The lowest BCUT2D eigenvalue weighted by Crippen LogP contribution is -2.69. The maximum atomic E-state index is 14.9. The fraction of sp³-hybridized carbons (Fsp3) is 0.778. The summed E-state index contributed by atoms with van der Waals surface area (Å²) in [6.45, 7) is -4.77. The molecule has 0 spiro atoms. The van der Waals surface area contributed by atoms with Crippen LogP contribution in [0.5, 0.6) is 0 Å². The van der Waals surface area contributed by atoms with Gasteiger partial charge in [-0.15, -0.1) is 0 Å². The molecule has 39 heteroatoms. The minimum atomic E-state index is -2.42. The number of hydrogen-bond acceptors (Lipinski definition) is 37. The minimum absolute atomic E-state index is 0.274. The normalized spacial score (nSPS) is 45.4. The van der Waals surface area contributed by atoms with Gasteiger partial charge >= 0.3 is 12.1 Å². The van der Waals surface area contributed by atoms with E-state index in [1.807, 2.05) is 36.4 Å². The molecule has 1 aliphatic carbocycles. The van der Waals surface area contributed by atoms with E-state index in [0.717, 1.165) is 27.2 Å². The van der Waals surface area contributed by atoms with E-state index in [4.69, 9.17) is 71.1 Å². The molecule has 36 atom stereocenters. The molecule has 102 heavy (non-hydrogen) atoms. The zero-order valence-electron chi connectivity index (χ0n) is 54.7. The Balaban J connectivity index is 0.924. The van der Waals surface area contributed by atoms with E-state index in [1.54, 1.807) is 26.0 Å². The quantitative estimate of drug-likeness (QED) is 0.0835. The molecule has 24 rings (SSSR count). The SMILES string of the molecule is CC(C)C[C@@H](C(=O)O)N(C[C@H]1O[C@@H]2O[C@H]3[C@H](O)[C@@H](O)[C@@H](O[C@H]4[C@H](O)[C@@H](O)[C@@H](O[C@H]5[C@H](O)[C@@H](O)[C@@H](O[C@H]6[C@H](O)[C@@H](O)[C@@H](O[C@H]7[C@H](O)[C@@H](O)[C@@H](O[C@H]8[C@H](O)[C@@H](O)[C@@H](O[C@H]1[C@H](O)[C@H]2O)O[C@@H]8CO)O[C@@H]7CO)O[C@@H]6CO)O[C@@H]5CO)O[C@@H]4CO)O[C@@H]3CO)C(=O)OCC1c2ccccc2-c2ccccc21. The molecule has 576 valence electrons. The Bertz CT molecular complexity index is 2990. The van der Waals surface area contributed by atoms with Crippen LogP contribution in [0.4, 0.5) is 4.79 Å². The number of carbonyl (C=O) groups excluding carboxylic acids is 1. The van der Waals surface area contributed by atoms with Crippen molar-refractivity contribution in [2.45, 2.75) is 247 Å². The first-order valence-electron chi connectivity index (χ1n) is 33.4. The predicted molar refractivity (Wildman–Crippen MR) is 324 cm³/mol. The molecule has 14 bridgehead atoms. The van der Waals surface area contributed by atoms with Gasteiger partial charge in [0.2, 0.25) is 0 Å². The average Bonchev–Trinajstić information content (AvgIpc) is 0.985. The highest BCUT2D eigenvalue weighted by atomic mass is 16.8. The number of nitrogens with zero attached hydrogens (tertiary/aromatic N) is 1. The van der Waals surface area contributed by atoms with Crippen LogP contribution in [0.1, 0.15) is 37.3 Å². The largest absolute Gasteiger partial charge is 0.480 e. The van der Waals surface area contributed by atoms with Crippen LogP contribution in [0.2, 0.25) is 0 Å². The van der Waals surface area contributed by atoms with Crippen molar-refractivity contribution in [3.63, 3.8) is 0 Å². The number of aliphatic hydroxyl groups excluding tert-OH is 20. The number of carbonyl (C=O) groups is 2. The standard InChI is InChI=1S/C63H91NO38/c1-20(2)11-26(55(85)86)64(63(87)88-19-25-23-9-5-3-7-21(23)22-8-4-6-10-24(22)25)12-27-48-34(71)41(78)56(89-27)97-49-28(13-65)91-58(43(80)36(49)73)99-51-30(15-67)93-60(45(82)38(51)75)101-53-32(17-69)95-62(47(84)40(53)77)102-54-33(18-70)94-61(46(83)39(54)76)100-52-31(16-68)92-59(44(81)37(52)74)98-50-29(14-66)90-57(96-48)42(79)35(50)72/h3-10,20,25-54,56-62,65-84H,11-19H2,1-2H3,(H,85,86)/t26-,27+,28+,29+,30+,31+,32+,33+,34+,35+,36+,37+,38+,39+,40+,41+,42+,43+,44+,45+,46+,47+,48+,49+,50+,51+,52+,53+,54+,56+,57+,58+,59+,60+,61+,62+/m0/s1. The molecule has 21 saturated heterocycles. The molecule has 21 aliphatic heterocycles. The van der Waals surface area contributed by atoms with Crippen molar-refractivity contribution in [1.82, 2.24) is 4.90 Å². The van der Waals surface area contributed by atoms with Crippen molar-refractivity contribution >= 4 is 12.1 Å². The summed E-state index contributed by atoms with van der Waals surface area (Å²) in [5.41, 5.74) is 3.22. The number of aliphatic carboxylic acids is 1. The molecule has 2 aromatic carbocycles. The van der Waals surface area contributed by atoms with E-state index in [2.05, 4.69) is 0 Å². The summed E-state index contributed by atoms with van der Waals surface area (Å²) in [6, 6.07) is 12.8. The zero-order valence-corrected chi connectivity index (χ0v) is 54.7. The van der Waals surface area contributed by atoms with Gasteiger partial charge in [-0.25, -0.2) is 9.59 Å². The van der Waals surface area contributed by atoms with E-state index in [-0.39, 0.29) is 13.0 Å². The Morgan fingerprint density at radius 1 is 0.363 bits per heavy atom. The summed E-state index contributed by atoms with van der Waals surface area (Å²) < 4.78 is 88.3. The number of ether oxygens (including phenoxy) is 15. The molecule has 39 nitrogen and oxygen atoms in total. The van der Waals surface area contributed by atoms with Gasteiger partial charge in [-0.3, -0.25) is 4.90 Å². The summed E-state index contributed by atoms with van der Waals surface area (Å²) in [5.74, 6) is -2.63. The molecular formula is C63H91NO38. The van der Waals surface area contributed by atoms with Crippen molar-refractivity contribution in [2.24, 2.45) is 5.92 Å². The molecule has 21 N–H and O–H groups in total. The Hall–Kier alpha value is -4.18. The second kappa shape index (κ2) is 33.5. The van der Waals surface area contributed by atoms with Gasteiger partial charge in [0.05, 0.1) is 46.2 Å². The summed E-state index contributed by atoms with van der Waals surface area (Å²) in [6.07, 6.45) is -75.9. The second-order valence-corrected chi connectivity index (χ2v) is 26.9. The molecule has 0 aromatic heterocycles. The first-order valence-corrected chi connectivity index (χ1v) is 33.4. The number of carboxylic acids is 1. The molecule has 21 heterocycles. The number of aliphatic hydroxyl groups is 20. The van der Waals surface area contributed by atoms with Crippen LogP contribution in [0, 0.1) is 5.92 Å². The topological polar surface area (TPSA) is 601 Å². The Kier molecular flexibility index (Phi) is 25.9. The third kappa shape index (κ3) is 15.6. The molecule has 0 saturated carbocycles. The van der Waals surface area contributed by atoms with Gasteiger partial charge in [0, 0.05) is 5.92 Å². The number of amides is 1. The number of carboxylic acid groups (broad SMARTS) is 1. The molecular weight excluding hydrogens is 1380 g/mol. The van der Waals surface area contributed by atoms with Crippen molar-refractivity contribution in [1.29, 1.82) is 0 Å². The summed E-state index contributed by atoms with van der Waals surface area (Å²) in [5, 5.41) is 239. The Labute approximate surface area is 580 Å². The molecule has 0 radical (unpaired) electrons. The van der Waals surface area contributed by atoms with Gasteiger partial charge in [-0.05, 0) is 34.6 Å². The maximum absolute atomic E-state index is 14.9. The van der Waals surface area contributed by atoms with Crippen LogP contribution >= 0.6 is 0 Å². The summed E-state index contributed by atoms with van der Waals surface area (Å²) >= 11 is 0. The van der Waals surface area contributed by atoms with Gasteiger partial charge in [0.25, 0.3) is 0 Å². The van der Waals surface area contributed by atoms with Crippen molar-refractivity contribution < 1.29 is 188 Å². The van der Waals surface area contributed by atoms with E-state index >= 15 is 0 Å². The van der Waals surface area contributed by atoms with Gasteiger partial charge in [0.15, 0.2) is 44.0 Å². The monoisotopic (exact) mass is 1470 g/mol. The third-order valence-electron chi connectivity index (χ3n) is 19.9. The van der Waals surface area contributed by atoms with Crippen LogP contribution in [0.25, 0.3) is 11.1 Å². The Morgan fingerprint density at radius 2 is 0.598 bits per heavy atom. The molecule has 2 aromatic rings. The third-order valence-corrected chi connectivity index (χ3v) is 19.9. The van der Waals surface area contributed by atoms with Crippen molar-refractivity contribution in [3.05, 3.63) is 59.7 Å². The zero-order chi connectivity index (χ0) is 73.6. The highest BCUT2D eigenvalue weighted by Crippen LogP contribution is 2.46. The fourth-order valence-electron chi connectivity index (χ4n) is 14.4. The van der Waals surface area contributed by atoms with Crippen molar-refractivity contribution in [3.8, 4) is 11.1 Å². The number of hydrogen-bond donors (Lipinski definition) is 21. The first-order chi connectivity index (χ1) is 48.7. The fourth-order valence-corrected chi connectivity index (χ4v) is 14.4. The highest BCUT2D eigenvalue weighted by Gasteiger charge is 2.60. The predicted octanol–water partition coefficient (Wildman–Crippen LogP) is -10.5. The summed E-state index contributed by atoms with van der Waals surface area (Å²) in [7, 11) is 0. The molecule has 0 unspecified atom stereocenters. The number of fused-ring (bicyclic) bond motifs is 3. The van der Waals surface area contributed by atoms with Crippen molar-refractivity contribution in [2.75, 3.05) is 52.8 Å². The lowest BCUT2D eigenvalue weighted by atomic mass is 9.94. The first kappa shape index (κ1) is 78.9. The molecule has 21 fully saturated rings. The highest BCUT2D eigenvalue weighted by molar-refractivity contribution is 5.81. The van der Waals surface area contributed by atoms with E-state index in [1.165, 1.54) is 0 Å². The van der Waals surface area contributed by atoms with Crippen LogP contribution in [-0.4, -0.2) is 398 Å². The van der Waals surface area contributed by atoms with Gasteiger partial charge in [-0.1, -0.05) is 62.4 Å². The second-order valence-electron chi connectivity index (χ2n) is 26.9. The van der Waals surface area contributed by atoms with Gasteiger partial charge in [0.1, 0.15) is 184 Å². The van der Waals surface area contributed by atoms with Crippen LogP contribution in [-0.2, 0) is 75.8 Å². The van der Waals surface area contributed by atoms with Gasteiger partial charge < -0.3 is 178 Å². The maximum Gasteiger partial charge on any atom is 0.410 e. The van der Waals surface area contributed by atoms with Crippen LogP contribution in [0.15, 0.2) is 48.5 Å².